The maximum atomic E-state index is 12.3. The second kappa shape index (κ2) is 7.43. The van der Waals surface area contributed by atoms with Crippen molar-refractivity contribution >= 4 is 23.3 Å². The van der Waals surface area contributed by atoms with E-state index in [0.29, 0.717) is 23.8 Å². The maximum Gasteiger partial charge on any atom is 0.390 e. The molecule has 0 spiro atoms. The van der Waals surface area contributed by atoms with Gasteiger partial charge in [0, 0.05) is 20.0 Å². The van der Waals surface area contributed by atoms with Crippen LogP contribution in [0.3, 0.4) is 0 Å². The zero-order valence-corrected chi connectivity index (χ0v) is 14.5. The van der Waals surface area contributed by atoms with E-state index >= 15 is 0 Å². The van der Waals surface area contributed by atoms with E-state index in [1.165, 1.54) is 10.7 Å². The van der Waals surface area contributed by atoms with Crippen LogP contribution in [0, 0.1) is 17.0 Å². The number of nitro groups is 1. The molecule has 0 aliphatic rings. The fourth-order valence-electron chi connectivity index (χ4n) is 2.33. The molecule has 2 aromatic rings. The van der Waals surface area contributed by atoms with Crippen LogP contribution in [-0.2, 0) is 24.4 Å². The van der Waals surface area contributed by atoms with E-state index < -0.39 is 4.92 Å². The summed E-state index contributed by atoms with van der Waals surface area (Å²) >= 11 is 6.10. The van der Waals surface area contributed by atoms with Gasteiger partial charge in [0.15, 0.2) is 0 Å². The van der Waals surface area contributed by atoms with E-state index in [9.17, 15) is 14.9 Å². The van der Waals surface area contributed by atoms with Gasteiger partial charge < -0.3 is 15.0 Å². The minimum atomic E-state index is -0.550. The number of carbonyl (C=O) groups excluding carboxylic acids is 1. The highest BCUT2D eigenvalue weighted by atomic mass is 35.5. The second-order valence-corrected chi connectivity index (χ2v) is 5.79. The molecular weight excluding hydrogens is 336 g/mol. The Morgan fingerprint density at radius 3 is 2.75 bits per heavy atom. The smallest absolute Gasteiger partial charge is 0.358 e. The molecule has 0 aliphatic heterocycles. The molecule has 0 fully saturated rings. The van der Waals surface area contributed by atoms with Crippen LogP contribution in [0.4, 0.5) is 5.82 Å². The molecule has 0 N–H and O–H groups in total. The predicted octanol–water partition coefficient (Wildman–Crippen LogP) is 2.02. The molecule has 0 aliphatic carbocycles. The molecular formula is C14H19ClN6O3. The minimum Gasteiger partial charge on any atom is -0.358 e. The quantitative estimate of drug-likeness (QED) is 0.559. The van der Waals surface area contributed by atoms with Crippen molar-refractivity contribution in [1.29, 1.82) is 0 Å². The van der Waals surface area contributed by atoms with Crippen LogP contribution in [0.15, 0.2) is 12.3 Å². The molecule has 0 aromatic carbocycles. The topological polar surface area (TPSA) is 99.1 Å². The Labute approximate surface area is 144 Å². The average molecular weight is 355 g/mol. The van der Waals surface area contributed by atoms with Crippen LogP contribution in [0.5, 0.6) is 0 Å². The van der Waals surface area contributed by atoms with E-state index in [-0.39, 0.29) is 24.7 Å². The van der Waals surface area contributed by atoms with Gasteiger partial charge >= 0.3 is 5.82 Å². The number of aryl methyl sites for hydroxylation is 3. The fraction of sp³-hybridized carbons (Fsp3) is 0.500. The highest BCUT2D eigenvalue weighted by Crippen LogP contribution is 2.17. The van der Waals surface area contributed by atoms with E-state index in [1.54, 1.807) is 29.7 Å². The summed E-state index contributed by atoms with van der Waals surface area (Å²) < 4.78 is 3.21. The molecule has 0 atom stereocenters. The molecule has 9 nitrogen and oxygen atoms in total. The van der Waals surface area contributed by atoms with Crippen LogP contribution in [-0.4, -0.2) is 42.3 Å². The summed E-state index contributed by atoms with van der Waals surface area (Å²) in [5.74, 6) is -0.320. The average Bonchev–Trinajstić information content (AvgIpc) is 3.08. The largest absolute Gasteiger partial charge is 0.390 e. The molecule has 24 heavy (non-hydrogen) atoms. The van der Waals surface area contributed by atoms with Crippen molar-refractivity contribution in [2.75, 3.05) is 7.05 Å². The second-order valence-electron chi connectivity index (χ2n) is 5.38. The molecule has 2 rings (SSSR count). The third-order valence-electron chi connectivity index (χ3n) is 3.70. The van der Waals surface area contributed by atoms with Gasteiger partial charge in [-0.3, -0.25) is 9.48 Å². The number of nitrogens with zero attached hydrogens (tertiary/aromatic N) is 6. The van der Waals surface area contributed by atoms with Crippen molar-refractivity contribution < 1.29 is 9.72 Å². The summed E-state index contributed by atoms with van der Waals surface area (Å²) in [5.41, 5.74) is 1.42. The number of amides is 1. The lowest BCUT2D eigenvalue weighted by Crippen LogP contribution is -2.28. The molecule has 0 saturated carbocycles. The Hall–Kier alpha value is -2.42. The van der Waals surface area contributed by atoms with Gasteiger partial charge in [0.25, 0.3) is 0 Å². The highest BCUT2D eigenvalue weighted by molar-refractivity contribution is 6.31. The van der Waals surface area contributed by atoms with E-state index in [1.807, 2.05) is 6.92 Å². The third kappa shape index (κ3) is 3.91. The van der Waals surface area contributed by atoms with Crippen molar-refractivity contribution in [1.82, 2.24) is 24.5 Å². The predicted molar refractivity (Wildman–Crippen MR) is 87.6 cm³/mol. The van der Waals surface area contributed by atoms with Gasteiger partial charge in [-0.25, -0.2) is 0 Å². The fourth-order valence-corrected chi connectivity index (χ4v) is 2.53. The van der Waals surface area contributed by atoms with Gasteiger partial charge in [0.1, 0.15) is 0 Å². The zero-order valence-electron chi connectivity index (χ0n) is 13.8. The lowest BCUT2D eigenvalue weighted by molar-refractivity contribution is -0.389. The van der Waals surface area contributed by atoms with Gasteiger partial charge in [-0.05, 0) is 18.8 Å². The first kappa shape index (κ1) is 17.9. The Kier molecular flexibility index (Phi) is 5.55. The molecule has 0 saturated heterocycles. The van der Waals surface area contributed by atoms with E-state index in [2.05, 4.69) is 10.2 Å². The third-order valence-corrected chi connectivity index (χ3v) is 4.02. The Morgan fingerprint density at radius 1 is 1.46 bits per heavy atom. The summed E-state index contributed by atoms with van der Waals surface area (Å²) in [5, 5.41) is 19.2. The first-order valence-corrected chi connectivity index (χ1v) is 7.84. The molecule has 0 unspecified atom stereocenters. The lowest BCUT2D eigenvalue weighted by Gasteiger charge is -2.18. The summed E-state index contributed by atoms with van der Waals surface area (Å²) in [6, 6.07) is 1.38. The van der Waals surface area contributed by atoms with Crippen molar-refractivity contribution in [3.8, 4) is 0 Å². The first-order chi connectivity index (χ1) is 11.3. The molecule has 130 valence electrons. The van der Waals surface area contributed by atoms with Crippen molar-refractivity contribution in [3.05, 3.63) is 38.8 Å². The number of hydrogen-bond acceptors (Lipinski definition) is 5. The SMILES string of the molecule is CCn1ncc(Cl)c1CN(C)C(=O)CCn1nc([N+](=O)[O-])cc1C. The van der Waals surface area contributed by atoms with Crippen molar-refractivity contribution in [3.63, 3.8) is 0 Å². The summed E-state index contributed by atoms with van der Waals surface area (Å²) in [4.78, 5) is 24.0. The number of carbonyl (C=O) groups is 1. The number of aromatic nitrogens is 4. The molecule has 2 heterocycles. The van der Waals surface area contributed by atoms with Crippen LogP contribution in [0.25, 0.3) is 0 Å². The van der Waals surface area contributed by atoms with Crippen LogP contribution < -0.4 is 0 Å². The monoisotopic (exact) mass is 354 g/mol. The minimum absolute atomic E-state index is 0.104. The molecule has 2 aromatic heterocycles. The van der Waals surface area contributed by atoms with Crippen LogP contribution >= 0.6 is 11.6 Å². The Morgan fingerprint density at radius 2 is 2.17 bits per heavy atom. The first-order valence-electron chi connectivity index (χ1n) is 7.46. The highest BCUT2D eigenvalue weighted by Gasteiger charge is 2.18. The Bertz CT molecular complexity index is 754. The number of hydrogen-bond donors (Lipinski definition) is 0. The van der Waals surface area contributed by atoms with Gasteiger partial charge in [0.2, 0.25) is 5.91 Å². The molecule has 1 amide bonds. The standard InChI is InChI=1S/C14H19ClN6O3/c1-4-19-12(11(15)8-16-19)9-18(3)14(22)5-6-20-10(2)7-13(17-20)21(23)24/h7-8H,4-6,9H2,1-3H3. The maximum absolute atomic E-state index is 12.3. The van der Waals surface area contributed by atoms with Crippen molar-refractivity contribution in [2.24, 2.45) is 0 Å². The van der Waals surface area contributed by atoms with Gasteiger partial charge in [-0.2, -0.15) is 9.78 Å². The van der Waals surface area contributed by atoms with Gasteiger partial charge in [-0.1, -0.05) is 11.6 Å². The molecule has 0 bridgehead atoms. The Balaban J connectivity index is 1.97. The van der Waals surface area contributed by atoms with E-state index in [0.717, 1.165) is 5.69 Å². The number of halogens is 1. The summed E-state index contributed by atoms with van der Waals surface area (Å²) in [6.45, 7) is 4.96. The summed E-state index contributed by atoms with van der Waals surface area (Å²) in [6.07, 6.45) is 1.75. The summed E-state index contributed by atoms with van der Waals surface area (Å²) in [7, 11) is 1.68. The zero-order chi connectivity index (χ0) is 17.9. The molecule has 0 radical (unpaired) electrons. The van der Waals surface area contributed by atoms with Gasteiger partial charge in [0.05, 0.1) is 46.9 Å². The lowest BCUT2D eigenvalue weighted by atomic mass is 10.3. The number of rotatable bonds is 7. The van der Waals surface area contributed by atoms with Crippen molar-refractivity contribution in [2.45, 2.75) is 39.9 Å². The van der Waals surface area contributed by atoms with Gasteiger partial charge in [-0.15, -0.1) is 0 Å². The van der Waals surface area contributed by atoms with E-state index in [4.69, 9.17) is 11.6 Å². The normalized spacial score (nSPS) is 10.8. The van der Waals surface area contributed by atoms with Crippen LogP contribution in [0.2, 0.25) is 5.02 Å². The molecule has 10 heteroatoms. The van der Waals surface area contributed by atoms with Crippen LogP contribution in [0.1, 0.15) is 24.7 Å².